The van der Waals surface area contributed by atoms with Crippen LogP contribution in [-0.2, 0) is 11.2 Å². The molecule has 2 aromatic rings. The van der Waals surface area contributed by atoms with Gasteiger partial charge in [0.05, 0.1) is 17.7 Å². The Balaban J connectivity index is 1.60. The lowest BCUT2D eigenvalue weighted by Gasteiger charge is -2.13. The number of carbonyl (C=O) groups is 3. The second-order valence-corrected chi connectivity index (χ2v) is 6.75. The summed E-state index contributed by atoms with van der Waals surface area (Å²) in [5.74, 6) is -1.10. The summed E-state index contributed by atoms with van der Waals surface area (Å²) in [5.41, 5.74) is 1.93. The van der Waals surface area contributed by atoms with Crippen molar-refractivity contribution < 1.29 is 19.1 Å². The van der Waals surface area contributed by atoms with E-state index in [4.69, 9.17) is 4.74 Å². The van der Waals surface area contributed by atoms with Crippen LogP contribution in [0.4, 0.5) is 0 Å². The van der Waals surface area contributed by atoms with E-state index in [0.717, 1.165) is 21.8 Å². The monoisotopic (exact) mass is 343 g/mol. The fraction of sp³-hybridized carbons (Fsp3) is 0.278. The van der Waals surface area contributed by atoms with Gasteiger partial charge in [0.25, 0.3) is 11.8 Å². The molecule has 0 saturated heterocycles. The molecule has 0 bridgehead atoms. The SMILES string of the molecule is CCc1cc(C(=O)OCCN2C(=O)c3ccccc3C2=O)sc1C. The van der Waals surface area contributed by atoms with Gasteiger partial charge in [-0.05, 0) is 37.1 Å². The molecule has 0 spiro atoms. The Kier molecular flexibility index (Phi) is 4.49. The normalized spacial score (nSPS) is 13.3. The summed E-state index contributed by atoms with van der Waals surface area (Å²) in [6.07, 6.45) is 0.866. The second kappa shape index (κ2) is 6.57. The van der Waals surface area contributed by atoms with E-state index in [1.54, 1.807) is 24.3 Å². The van der Waals surface area contributed by atoms with Crippen molar-refractivity contribution in [3.8, 4) is 0 Å². The predicted octanol–water partition coefficient (Wildman–Crippen LogP) is 3.07. The third kappa shape index (κ3) is 2.85. The molecule has 0 N–H and O–H groups in total. The molecule has 1 aliphatic heterocycles. The van der Waals surface area contributed by atoms with Crippen molar-refractivity contribution in [2.45, 2.75) is 20.3 Å². The van der Waals surface area contributed by atoms with Crippen molar-refractivity contribution >= 4 is 29.1 Å². The van der Waals surface area contributed by atoms with E-state index in [0.29, 0.717) is 16.0 Å². The second-order valence-electron chi connectivity index (χ2n) is 5.49. The van der Waals surface area contributed by atoms with Crippen LogP contribution in [-0.4, -0.2) is 35.8 Å². The van der Waals surface area contributed by atoms with E-state index in [1.165, 1.54) is 11.3 Å². The summed E-state index contributed by atoms with van der Waals surface area (Å²) in [6, 6.07) is 8.53. The molecule has 24 heavy (non-hydrogen) atoms. The van der Waals surface area contributed by atoms with Crippen molar-refractivity contribution in [2.24, 2.45) is 0 Å². The Hall–Kier alpha value is -2.47. The highest BCUT2D eigenvalue weighted by atomic mass is 32.1. The molecule has 2 amide bonds. The maximum Gasteiger partial charge on any atom is 0.348 e. The van der Waals surface area contributed by atoms with Gasteiger partial charge in [-0.25, -0.2) is 4.79 Å². The highest BCUT2D eigenvalue weighted by Crippen LogP contribution is 2.24. The van der Waals surface area contributed by atoms with Gasteiger partial charge >= 0.3 is 5.97 Å². The van der Waals surface area contributed by atoms with E-state index in [1.807, 2.05) is 19.9 Å². The van der Waals surface area contributed by atoms with Crippen molar-refractivity contribution in [1.82, 2.24) is 4.90 Å². The number of rotatable bonds is 5. The van der Waals surface area contributed by atoms with Crippen molar-refractivity contribution in [3.05, 3.63) is 56.8 Å². The number of hydrogen-bond acceptors (Lipinski definition) is 5. The van der Waals surface area contributed by atoms with Crippen LogP contribution in [0.2, 0.25) is 0 Å². The quantitative estimate of drug-likeness (QED) is 0.618. The van der Waals surface area contributed by atoms with Crippen molar-refractivity contribution in [2.75, 3.05) is 13.2 Å². The summed E-state index contributed by atoms with van der Waals surface area (Å²) in [5, 5.41) is 0. The van der Waals surface area contributed by atoms with E-state index in [-0.39, 0.29) is 25.0 Å². The summed E-state index contributed by atoms with van der Waals surface area (Å²) in [4.78, 5) is 39.3. The Morgan fingerprint density at radius 1 is 1.17 bits per heavy atom. The smallest absolute Gasteiger partial charge is 0.348 e. The van der Waals surface area contributed by atoms with Crippen molar-refractivity contribution in [3.63, 3.8) is 0 Å². The Bertz CT molecular complexity index is 789. The molecule has 3 rings (SSSR count). The summed E-state index contributed by atoms with van der Waals surface area (Å²) in [7, 11) is 0. The molecule has 0 aliphatic carbocycles. The molecule has 0 fully saturated rings. The molecule has 0 atom stereocenters. The van der Waals surface area contributed by atoms with Gasteiger partial charge in [0, 0.05) is 4.88 Å². The average molecular weight is 343 g/mol. The molecule has 0 saturated carbocycles. The van der Waals surface area contributed by atoms with Crippen LogP contribution < -0.4 is 0 Å². The number of hydrogen-bond donors (Lipinski definition) is 0. The Morgan fingerprint density at radius 2 is 1.79 bits per heavy atom. The van der Waals surface area contributed by atoms with Crippen LogP contribution in [0.3, 0.4) is 0 Å². The summed E-state index contributed by atoms with van der Waals surface area (Å²) < 4.78 is 5.22. The number of aryl methyl sites for hydroxylation is 2. The van der Waals surface area contributed by atoms with Gasteiger partial charge in [-0.3, -0.25) is 14.5 Å². The number of esters is 1. The van der Waals surface area contributed by atoms with E-state index >= 15 is 0 Å². The van der Waals surface area contributed by atoms with Gasteiger partial charge in [-0.2, -0.15) is 0 Å². The van der Waals surface area contributed by atoms with Gasteiger partial charge < -0.3 is 4.74 Å². The number of thiophene rings is 1. The van der Waals surface area contributed by atoms with Crippen LogP contribution in [0.1, 0.15) is 47.8 Å². The molecule has 1 aromatic carbocycles. The van der Waals surface area contributed by atoms with E-state index < -0.39 is 5.97 Å². The molecular weight excluding hydrogens is 326 g/mol. The first-order valence-corrected chi connectivity index (χ1v) is 8.56. The fourth-order valence-electron chi connectivity index (χ4n) is 2.71. The third-order valence-electron chi connectivity index (χ3n) is 4.03. The molecule has 5 nitrogen and oxygen atoms in total. The molecule has 1 aliphatic rings. The van der Waals surface area contributed by atoms with Gasteiger partial charge in [-0.15, -0.1) is 11.3 Å². The average Bonchev–Trinajstić information content (AvgIpc) is 3.08. The number of benzene rings is 1. The minimum atomic E-state index is -0.417. The molecule has 0 radical (unpaired) electrons. The van der Waals surface area contributed by atoms with Crippen molar-refractivity contribution in [1.29, 1.82) is 0 Å². The van der Waals surface area contributed by atoms with Crippen LogP contribution in [0.25, 0.3) is 0 Å². The third-order valence-corrected chi connectivity index (χ3v) is 5.10. The number of fused-ring (bicyclic) bond motifs is 1. The fourth-order valence-corrected chi connectivity index (χ4v) is 3.72. The Morgan fingerprint density at radius 3 is 2.33 bits per heavy atom. The number of carbonyl (C=O) groups excluding carboxylic acids is 3. The van der Waals surface area contributed by atoms with Gasteiger partial charge in [0.1, 0.15) is 11.5 Å². The molecular formula is C18H17NO4S. The zero-order valence-electron chi connectivity index (χ0n) is 13.5. The minimum Gasteiger partial charge on any atom is -0.460 e. The lowest BCUT2D eigenvalue weighted by atomic mass is 10.1. The van der Waals surface area contributed by atoms with Gasteiger partial charge in [-0.1, -0.05) is 19.1 Å². The highest BCUT2D eigenvalue weighted by molar-refractivity contribution is 7.14. The number of nitrogens with zero attached hydrogens (tertiary/aromatic N) is 1. The largest absolute Gasteiger partial charge is 0.460 e. The number of imide groups is 1. The van der Waals surface area contributed by atoms with Gasteiger partial charge in [0.2, 0.25) is 0 Å². The van der Waals surface area contributed by atoms with E-state index in [9.17, 15) is 14.4 Å². The molecule has 6 heteroatoms. The molecule has 124 valence electrons. The lowest BCUT2D eigenvalue weighted by Crippen LogP contribution is -2.33. The topological polar surface area (TPSA) is 63.7 Å². The number of amides is 2. The minimum absolute atomic E-state index is 0.0112. The molecule has 1 aromatic heterocycles. The first kappa shape index (κ1) is 16.4. The molecule has 2 heterocycles. The van der Waals surface area contributed by atoms with Crippen LogP contribution in [0.5, 0.6) is 0 Å². The predicted molar refractivity (Wildman–Crippen MR) is 90.5 cm³/mol. The van der Waals surface area contributed by atoms with Gasteiger partial charge in [0.15, 0.2) is 0 Å². The van der Waals surface area contributed by atoms with Crippen LogP contribution >= 0.6 is 11.3 Å². The van der Waals surface area contributed by atoms with Crippen LogP contribution in [0.15, 0.2) is 30.3 Å². The first-order valence-electron chi connectivity index (χ1n) is 7.74. The maximum absolute atomic E-state index is 12.2. The first-order chi connectivity index (χ1) is 11.5. The molecule has 0 unspecified atom stereocenters. The maximum atomic E-state index is 12.2. The zero-order chi connectivity index (χ0) is 17.3. The zero-order valence-corrected chi connectivity index (χ0v) is 14.3. The lowest BCUT2D eigenvalue weighted by molar-refractivity contribution is 0.0424. The summed E-state index contributed by atoms with van der Waals surface area (Å²) >= 11 is 1.40. The van der Waals surface area contributed by atoms with E-state index in [2.05, 4.69) is 0 Å². The standard InChI is InChI=1S/C18H17NO4S/c1-3-12-10-15(24-11(12)2)18(22)23-9-8-19-16(20)13-6-4-5-7-14(13)17(19)21/h4-7,10H,3,8-9H2,1-2H3. The van der Waals surface area contributed by atoms with Crippen LogP contribution in [0, 0.1) is 6.92 Å². The highest BCUT2D eigenvalue weighted by Gasteiger charge is 2.34. The number of ether oxygens (including phenoxy) is 1. The summed E-state index contributed by atoms with van der Waals surface area (Å²) in [6.45, 7) is 4.05. The Labute approximate surface area is 143 Å².